The number of hydrazine groups is 1. The average molecular weight is 423 g/mol. The summed E-state index contributed by atoms with van der Waals surface area (Å²) in [4.78, 5) is 24.4. The molecule has 0 aromatic heterocycles. The number of halogens is 2. The van der Waals surface area contributed by atoms with Crippen molar-refractivity contribution in [2.45, 2.75) is 33.1 Å². The van der Waals surface area contributed by atoms with Gasteiger partial charge in [-0.2, -0.15) is 0 Å². The number of rotatable bonds is 9. The molecule has 0 bridgehead atoms. The zero-order chi connectivity index (χ0) is 21.2. The molecule has 0 aliphatic rings. The Morgan fingerprint density at radius 1 is 1.07 bits per heavy atom. The molecule has 0 unspecified atom stereocenters. The topological polar surface area (TPSA) is 76.7 Å². The minimum absolute atomic E-state index is 0.00425. The van der Waals surface area contributed by atoms with Crippen molar-refractivity contribution in [3.63, 3.8) is 0 Å². The summed E-state index contributed by atoms with van der Waals surface area (Å²) in [6.45, 7) is 4.72. The Kier molecular flexibility index (Phi) is 8.73. The van der Waals surface area contributed by atoms with E-state index in [1.807, 2.05) is 13.8 Å². The van der Waals surface area contributed by atoms with Gasteiger partial charge in [-0.1, -0.05) is 37.1 Å². The van der Waals surface area contributed by atoms with E-state index in [-0.39, 0.29) is 22.8 Å². The van der Waals surface area contributed by atoms with Crippen LogP contribution in [0.4, 0.5) is 4.39 Å². The molecule has 2 rings (SSSR count). The van der Waals surface area contributed by atoms with Crippen molar-refractivity contribution in [2.24, 2.45) is 0 Å². The van der Waals surface area contributed by atoms with E-state index in [2.05, 4.69) is 10.9 Å². The molecule has 0 spiro atoms. The lowest BCUT2D eigenvalue weighted by molar-refractivity contribution is -0.121. The van der Waals surface area contributed by atoms with Crippen LogP contribution in [0.5, 0.6) is 11.5 Å². The predicted molar refractivity (Wildman–Crippen MR) is 109 cm³/mol. The second kappa shape index (κ2) is 11.3. The molecule has 0 fully saturated rings. The van der Waals surface area contributed by atoms with Crippen LogP contribution < -0.4 is 20.3 Å². The fourth-order valence-electron chi connectivity index (χ4n) is 2.45. The van der Waals surface area contributed by atoms with Crippen LogP contribution in [0.3, 0.4) is 0 Å². The van der Waals surface area contributed by atoms with Crippen LogP contribution in [-0.2, 0) is 11.2 Å². The highest BCUT2D eigenvalue weighted by Crippen LogP contribution is 2.36. The molecule has 2 amide bonds. The number of ether oxygens (including phenoxy) is 2. The van der Waals surface area contributed by atoms with Gasteiger partial charge in [-0.15, -0.1) is 0 Å². The Morgan fingerprint density at radius 2 is 1.79 bits per heavy atom. The van der Waals surface area contributed by atoms with Crippen molar-refractivity contribution in [1.29, 1.82) is 0 Å². The SMILES string of the molecule is CCCCOc1c(Cl)cc(C(=O)NNC(=O)Cc2ccc(F)cc2)cc1OCC. The minimum Gasteiger partial charge on any atom is -0.490 e. The molecule has 0 saturated carbocycles. The van der Waals surface area contributed by atoms with Crippen LogP contribution in [-0.4, -0.2) is 25.0 Å². The van der Waals surface area contributed by atoms with Gasteiger partial charge in [0.25, 0.3) is 5.91 Å². The van der Waals surface area contributed by atoms with Gasteiger partial charge in [-0.25, -0.2) is 4.39 Å². The molecular weight excluding hydrogens is 399 g/mol. The lowest BCUT2D eigenvalue weighted by Crippen LogP contribution is -2.42. The number of amides is 2. The van der Waals surface area contributed by atoms with Crippen LogP contribution in [0.1, 0.15) is 42.6 Å². The second-order valence-corrected chi connectivity index (χ2v) is 6.63. The lowest BCUT2D eigenvalue weighted by atomic mass is 10.1. The molecule has 0 aliphatic carbocycles. The Morgan fingerprint density at radius 3 is 2.45 bits per heavy atom. The molecule has 0 saturated heterocycles. The molecule has 0 aliphatic heterocycles. The first-order valence-electron chi connectivity index (χ1n) is 9.37. The normalized spacial score (nSPS) is 10.3. The van der Waals surface area contributed by atoms with Gasteiger partial charge >= 0.3 is 0 Å². The van der Waals surface area contributed by atoms with Crippen molar-refractivity contribution in [3.8, 4) is 11.5 Å². The van der Waals surface area contributed by atoms with Crippen LogP contribution >= 0.6 is 11.6 Å². The predicted octanol–water partition coefficient (Wildman–Crippen LogP) is 4.06. The fourth-order valence-corrected chi connectivity index (χ4v) is 2.72. The maximum Gasteiger partial charge on any atom is 0.269 e. The average Bonchev–Trinajstić information content (AvgIpc) is 2.70. The number of carbonyl (C=O) groups is 2. The first kappa shape index (κ1) is 22.5. The Hall–Kier alpha value is -2.80. The van der Waals surface area contributed by atoms with Crippen molar-refractivity contribution >= 4 is 23.4 Å². The van der Waals surface area contributed by atoms with E-state index in [4.69, 9.17) is 21.1 Å². The number of benzene rings is 2. The summed E-state index contributed by atoms with van der Waals surface area (Å²) in [5.41, 5.74) is 5.49. The van der Waals surface area contributed by atoms with Gasteiger partial charge in [-0.3, -0.25) is 20.4 Å². The lowest BCUT2D eigenvalue weighted by Gasteiger charge is -2.15. The first-order valence-corrected chi connectivity index (χ1v) is 9.75. The summed E-state index contributed by atoms with van der Waals surface area (Å²) in [5, 5.41) is 0.245. The molecule has 8 heteroatoms. The van der Waals surface area contributed by atoms with E-state index >= 15 is 0 Å². The monoisotopic (exact) mass is 422 g/mol. The van der Waals surface area contributed by atoms with Gasteiger partial charge in [0, 0.05) is 5.56 Å². The van der Waals surface area contributed by atoms with Gasteiger partial charge in [0.1, 0.15) is 5.82 Å². The van der Waals surface area contributed by atoms with E-state index in [1.54, 1.807) is 0 Å². The summed E-state index contributed by atoms with van der Waals surface area (Å²) in [6.07, 6.45) is 1.83. The molecule has 2 N–H and O–H groups in total. The molecule has 2 aromatic carbocycles. The van der Waals surface area contributed by atoms with Crippen molar-refractivity contribution < 1.29 is 23.5 Å². The number of hydrogen-bond acceptors (Lipinski definition) is 4. The standard InChI is InChI=1S/C21H24ClFN2O4/c1-3-5-10-29-20-17(22)12-15(13-18(20)28-4-2)21(27)25-24-19(26)11-14-6-8-16(23)9-7-14/h6-9,12-13H,3-5,10-11H2,1-2H3,(H,24,26)(H,25,27). The van der Waals surface area contributed by atoms with Crippen LogP contribution in [0.2, 0.25) is 5.02 Å². The summed E-state index contributed by atoms with van der Waals surface area (Å²) in [6, 6.07) is 8.50. The third kappa shape index (κ3) is 6.94. The molecule has 156 valence electrons. The highest BCUT2D eigenvalue weighted by molar-refractivity contribution is 6.32. The highest BCUT2D eigenvalue weighted by atomic mass is 35.5. The summed E-state index contributed by atoms with van der Waals surface area (Å²) in [7, 11) is 0. The van der Waals surface area contributed by atoms with E-state index in [1.165, 1.54) is 36.4 Å². The number of nitrogens with one attached hydrogen (secondary N) is 2. The Balaban J connectivity index is 2.01. The van der Waals surface area contributed by atoms with Gasteiger partial charge in [0.15, 0.2) is 11.5 Å². The molecular formula is C21H24ClFN2O4. The zero-order valence-corrected chi connectivity index (χ0v) is 17.1. The van der Waals surface area contributed by atoms with Gasteiger partial charge < -0.3 is 9.47 Å². The highest BCUT2D eigenvalue weighted by Gasteiger charge is 2.17. The van der Waals surface area contributed by atoms with Gasteiger partial charge in [-0.05, 0) is 43.2 Å². The maximum atomic E-state index is 12.9. The largest absolute Gasteiger partial charge is 0.490 e. The summed E-state index contributed by atoms with van der Waals surface area (Å²) >= 11 is 6.27. The maximum absolute atomic E-state index is 12.9. The zero-order valence-electron chi connectivity index (χ0n) is 16.4. The third-order valence-electron chi connectivity index (χ3n) is 3.91. The molecule has 0 heterocycles. The molecule has 0 radical (unpaired) electrons. The van der Waals surface area contributed by atoms with Crippen LogP contribution in [0.25, 0.3) is 0 Å². The quantitative estimate of drug-likeness (QED) is 0.472. The third-order valence-corrected chi connectivity index (χ3v) is 4.19. The Bertz CT molecular complexity index is 843. The number of unbranched alkanes of at least 4 members (excludes halogenated alkanes) is 1. The van der Waals surface area contributed by atoms with E-state index in [0.29, 0.717) is 30.3 Å². The molecule has 2 aromatic rings. The van der Waals surface area contributed by atoms with Gasteiger partial charge in [0.05, 0.1) is 24.7 Å². The Labute approximate surface area is 174 Å². The summed E-state index contributed by atoms with van der Waals surface area (Å²) in [5.74, 6) is -0.634. The number of carbonyl (C=O) groups excluding carboxylic acids is 2. The van der Waals surface area contributed by atoms with E-state index < -0.39 is 11.8 Å². The van der Waals surface area contributed by atoms with Crippen molar-refractivity contribution in [3.05, 3.63) is 58.4 Å². The van der Waals surface area contributed by atoms with Crippen LogP contribution in [0.15, 0.2) is 36.4 Å². The summed E-state index contributed by atoms with van der Waals surface area (Å²) < 4.78 is 24.1. The fraction of sp³-hybridized carbons (Fsp3) is 0.333. The van der Waals surface area contributed by atoms with Gasteiger partial charge in [0.2, 0.25) is 5.91 Å². The van der Waals surface area contributed by atoms with Crippen molar-refractivity contribution in [2.75, 3.05) is 13.2 Å². The molecule has 6 nitrogen and oxygen atoms in total. The number of hydrogen-bond donors (Lipinski definition) is 2. The second-order valence-electron chi connectivity index (χ2n) is 6.23. The van der Waals surface area contributed by atoms with Crippen molar-refractivity contribution in [1.82, 2.24) is 10.9 Å². The van der Waals surface area contributed by atoms with E-state index in [0.717, 1.165) is 12.8 Å². The minimum atomic E-state index is -0.555. The van der Waals surface area contributed by atoms with Crippen LogP contribution in [0, 0.1) is 5.82 Å². The first-order chi connectivity index (χ1) is 13.9. The van der Waals surface area contributed by atoms with E-state index in [9.17, 15) is 14.0 Å². The smallest absolute Gasteiger partial charge is 0.269 e. The molecule has 29 heavy (non-hydrogen) atoms. The molecule has 0 atom stereocenters.